The van der Waals surface area contributed by atoms with Gasteiger partial charge in [0.15, 0.2) is 0 Å². The Bertz CT molecular complexity index is 665. The molecule has 20 heavy (non-hydrogen) atoms. The van der Waals surface area contributed by atoms with E-state index in [1.165, 1.54) is 18.2 Å². The number of nitro groups is 1. The zero-order valence-electron chi connectivity index (χ0n) is 10.1. The lowest BCUT2D eigenvalue weighted by Gasteiger charge is -2.08. The minimum atomic E-state index is -0.765. The Morgan fingerprint density at radius 1 is 1.25 bits per heavy atom. The Morgan fingerprint density at radius 2 is 2.00 bits per heavy atom. The molecule has 0 saturated carbocycles. The van der Waals surface area contributed by atoms with Crippen LogP contribution in [0.25, 0.3) is 0 Å². The van der Waals surface area contributed by atoms with Gasteiger partial charge in [-0.3, -0.25) is 10.1 Å². The number of halogens is 3. The van der Waals surface area contributed by atoms with E-state index < -0.39 is 16.6 Å². The van der Waals surface area contributed by atoms with E-state index in [0.29, 0.717) is 5.56 Å². The van der Waals surface area contributed by atoms with E-state index in [2.05, 4.69) is 5.32 Å². The fraction of sp³-hybridized carbons (Fsp3) is 0.0769. The van der Waals surface area contributed by atoms with Gasteiger partial charge in [0, 0.05) is 18.7 Å². The van der Waals surface area contributed by atoms with Gasteiger partial charge in [-0.1, -0.05) is 23.7 Å². The molecule has 0 saturated heterocycles. The van der Waals surface area contributed by atoms with Crippen LogP contribution in [0.1, 0.15) is 5.56 Å². The van der Waals surface area contributed by atoms with E-state index in [-0.39, 0.29) is 22.9 Å². The van der Waals surface area contributed by atoms with Crippen LogP contribution in [-0.4, -0.2) is 4.92 Å². The minimum absolute atomic E-state index is 0.0128. The Kier molecular flexibility index (Phi) is 4.14. The van der Waals surface area contributed by atoms with Gasteiger partial charge < -0.3 is 5.32 Å². The maximum Gasteiger partial charge on any atom is 0.294 e. The summed E-state index contributed by atoms with van der Waals surface area (Å²) in [6.07, 6.45) is 0. The van der Waals surface area contributed by atoms with Gasteiger partial charge in [-0.25, -0.2) is 8.78 Å². The lowest BCUT2D eigenvalue weighted by atomic mass is 10.2. The summed E-state index contributed by atoms with van der Waals surface area (Å²) in [5.74, 6) is -1.18. The predicted molar refractivity (Wildman–Crippen MR) is 71.8 cm³/mol. The summed E-state index contributed by atoms with van der Waals surface area (Å²) in [6.45, 7) is 0.125. The van der Waals surface area contributed by atoms with Gasteiger partial charge in [-0.15, -0.1) is 0 Å². The minimum Gasteiger partial charge on any atom is -0.375 e. The first kappa shape index (κ1) is 14.2. The summed E-state index contributed by atoms with van der Waals surface area (Å²) in [6, 6.07) is 7.61. The standard InChI is InChI=1S/C13H9ClF2N2O2/c14-10-5-13(18(19)20)12(6-11(10)16)17-7-8-2-1-3-9(15)4-8/h1-6,17H,7H2. The number of rotatable bonds is 4. The molecular formula is C13H9ClF2N2O2. The maximum absolute atomic E-state index is 13.4. The summed E-state index contributed by atoms with van der Waals surface area (Å²) >= 11 is 5.51. The number of hydrogen-bond acceptors (Lipinski definition) is 3. The quantitative estimate of drug-likeness (QED) is 0.682. The number of nitrogens with one attached hydrogen (secondary N) is 1. The first-order valence-electron chi connectivity index (χ1n) is 5.59. The van der Waals surface area contributed by atoms with Crippen LogP contribution < -0.4 is 5.32 Å². The summed E-state index contributed by atoms with van der Waals surface area (Å²) in [5.41, 5.74) is 0.226. The number of hydrogen-bond donors (Lipinski definition) is 1. The van der Waals surface area contributed by atoms with Crippen molar-refractivity contribution in [3.63, 3.8) is 0 Å². The summed E-state index contributed by atoms with van der Waals surface area (Å²) in [4.78, 5) is 10.2. The normalized spacial score (nSPS) is 10.3. The molecule has 0 amide bonds. The fourth-order valence-electron chi connectivity index (χ4n) is 1.67. The molecule has 104 valence electrons. The highest BCUT2D eigenvalue weighted by Gasteiger charge is 2.17. The van der Waals surface area contributed by atoms with Crippen molar-refractivity contribution in [2.75, 3.05) is 5.32 Å². The molecule has 0 unspecified atom stereocenters. The largest absolute Gasteiger partial charge is 0.375 e. The monoisotopic (exact) mass is 298 g/mol. The molecule has 0 aliphatic carbocycles. The second-order valence-electron chi connectivity index (χ2n) is 4.02. The number of nitrogens with zero attached hydrogens (tertiary/aromatic N) is 1. The summed E-state index contributed by atoms with van der Waals surface area (Å²) in [5, 5.41) is 13.2. The molecule has 0 bridgehead atoms. The van der Waals surface area contributed by atoms with E-state index in [1.54, 1.807) is 6.07 Å². The Balaban J connectivity index is 2.24. The molecule has 1 N–H and O–H groups in total. The van der Waals surface area contributed by atoms with Crippen molar-refractivity contribution in [3.8, 4) is 0 Å². The number of nitro benzene ring substituents is 1. The predicted octanol–water partition coefficient (Wildman–Crippen LogP) is 4.14. The lowest BCUT2D eigenvalue weighted by Crippen LogP contribution is -2.03. The van der Waals surface area contributed by atoms with E-state index in [0.717, 1.165) is 12.1 Å². The van der Waals surface area contributed by atoms with Gasteiger partial charge in [-0.05, 0) is 17.7 Å². The van der Waals surface area contributed by atoms with Gasteiger partial charge in [0.25, 0.3) is 5.69 Å². The average Bonchev–Trinajstić information content (AvgIpc) is 2.39. The van der Waals surface area contributed by atoms with Crippen molar-refractivity contribution in [1.82, 2.24) is 0 Å². The molecule has 0 aliphatic heterocycles. The van der Waals surface area contributed by atoms with Crippen molar-refractivity contribution in [1.29, 1.82) is 0 Å². The fourth-order valence-corrected chi connectivity index (χ4v) is 1.83. The maximum atomic E-state index is 13.4. The Labute approximate surface area is 118 Å². The van der Waals surface area contributed by atoms with Crippen LogP contribution >= 0.6 is 11.6 Å². The lowest BCUT2D eigenvalue weighted by molar-refractivity contribution is -0.384. The molecule has 0 radical (unpaired) electrons. The molecule has 2 aromatic carbocycles. The second kappa shape index (κ2) is 5.83. The highest BCUT2D eigenvalue weighted by molar-refractivity contribution is 6.31. The Hall–Kier alpha value is -2.21. The molecule has 7 heteroatoms. The van der Waals surface area contributed by atoms with Crippen LogP contribution in [0.2, 0.25) is 5.02 Å². The molecular weight excluding hydrogens is 290 g/mol. The third-order valence-electron chi connectivity index (χ3n) is 2.61. The average molecular weight is 299 g/mol. The smallest absolute Gasteiger partial charge is 0.294 e. The molecule has 0 heterocycles. The van der Waals surface area contributed by atoms with E-state index in [1.807, 2.05) is 0 Å². The van der Waals surface area contributed by atoms with Crippen molar-refractivity contribution < 1.29 is 13.7 Å². The molecule has 0 spiro atoms. The molecule has 2 aromatic rings. The zero-order chi connectivity index (χ0) is 14.7. The van der Waals surface area contributed by atoms with Crippen LogP contribution in [0.4, 0.5) is 20.2 Å². The van der Waals surface area contributed by atoms with Crippen LogP contribution in [0.3, 0.4) is 0 Å². The van der Waals surface area contributed by atoms with Gasteiger partial charge >= 0.3 is 0 Å². The van der Waals surface area contributed by atoms with Crippen LogP contribution in [0, 0.1) is 21.7 Å². The molecule has 0 atom stereocenters. The molecule has 0 aromatic heterocycles. The van der Waals surface area contributed by atoms with E-state index >= 15 is 0 Å². The summed E-state index contributed by atoms with van der Waals surface area (Å²) < 4.78 is 26.4. The van der Waals surface area contributed by atoms with Gasteiger partial charge in [-0.2, -0.15) is 0 Å². The van der Waals surface area contributed by atoms with Crippen LogP contribution in [-0.2, 0) is 6.54 Å². The zero-order valence-corrected chi connectivity index (χ0v) is 10.8. The van der Waals surface area contributed by atoms with E-state index in [9.17, 15) is 18.9 Å². The van der Waals surface area contributed by atoms with Gasteiger partial charge in [0.1, 0.15) is 17.3 Å². The molecule has 4 nitrogen and oxygen atoms in total. The van der Waals surface area contributed by atoms with Crippen molar-refractivity contribution >= 4 is 23.0 Å². The first-order valence-corrected chi connectivity index (χ1v) is 5.97. The SMILES string of the molecule is O=[N+]([O-])c1cc(Cl)c(F)cc1NCc1cccc(F)c1. The highest BCUT2D eigenvalue weighted by atomic mass is 35.5. The summed E-state index contributed by atoms with van der Waals surface area (Å²) in [7, 11) is 0. The van der Waals surface area contributed by atoms with E-state index in [4.69, 9.17) is 11.6 Å². The Morgan fingerprint density at radius 3 is 2.65 bits per heavy atom. The number of anilines is 1. The second-order valence-corrected chi connectivity index (χ2v) is 4.43. The van der Waals surface area contributed by atoms with Crippen molar-refractivity contribution in [3.05, 3.63) is 68.7 Å². The van der Waals surface area contributed by atoms with Crippen molar-refractivity contribution in [2.24, 2.45) is 0 Å². The van der Waals surface area contributed by atoms with Crippen LogP contribution in [0.5, 0.6) is 0 Å². The highest BCUT2D eigenvalue weighted by Crippen LogP contribution is 2.30. The molecule has 2 rings (SSSR count). The third-order valence-corrected chi connectivity index (χ3v) is 2.90. The first-order chi connectivity index (χ1) is 9.47. The third kappa shape index (κ3) is 3.21. The van der Waals surface area contributed by atoms with Gasteiger partial charge in [0.2, 0.25) is 0 Å². The van der Waals surface area contributed by atoms with Gasteiger partial charge in [0.05, 0.1) is 9.95 Å². The van der Waals surface area contributed by atoms with Crippen LogP contribution in [0.15, 0.2) is 36.4 Å². The topological polar surface area (TPSA) is 55.2 Å². The number of benzene rings is 2. The molecule has 0 fully saturated rings. The molecule has 0 aliphatic rings. The van der Waals surface area contributed by atoms with Crippen molar-refractivity contribution in [2.45, 2.75) is 6.54 Å².